The number of benzene rings is 3. The summed E-state index contributed by atoms with van der Waals surface area (Å²) in [4.78, 5) is 29.7. The molecule has 2 N–H and O–H groups in total. The fraction of sp³-hybridized carbons (Fsp3) is 0.300. The fourth-order valence-electron chi connectivity index (χ4n) is 4.50. The van der Waals surface area contributed by atoms with Crippen LogP contribution in [0.2, 0.25) is 0 Å². The standard InChI is InChI=1S/C30H32F3N5O3/c1-36(2)22-12-8-13-23(17-22)37(3)19-27(39)25(15-20-9-5-4-6-10-20)34-29(41)26-18-28(40)38(35-26)24-14-7-11-21(16-24)30(31,32)33/h4-14,16-17,25,27,39H,15,18-19H2,1-3H3,(H,34,41)/t25-,27+/m0/s1. The second-order valence-corrected chi connectivity index (χ2v) is 10.1. The third-order valence-electron chi connectivity index (χ3n) is 6.78. The molecule has 0 radical (unpaired) electrons. The quantitative estimate of drug-likeness (QED) is 0.386. The molecule has 0 unspecified atom stereocenters. The summed E-state index contributed by atoms with van der Waals surface area (Å²) < 4.78 is 39.5. The molecule has 41 heavy (non-hydrogen) atoms. The van der Waals surface area contributed by atoms with Crippen LogP contribution in [-0.2, 0) is 22.2 Å². The molecule has 8 nitrogen and oxygen atoms in total. The van der Waals surface area contributed by atoms with Crippen LogP contribution in [0.25, 0.3) is 0 Å². The van der Waals surface area contributed by atoms with Crippen LogP contribution >= 0.6 is 0 Å². The molecule has 0 aliphatic carbocycles. The number of anilines is 3. The number of hydrazone groups is 1. The first-order valence-corrected chi connectivity index (χ1v) is 13.0. The SMILES string of the molecule is CN(C)c1cccc(N(C)C[C@@H](O)[C@H](Cc2ccccc2)NC(=O)C2=NN(c3cccc(C(F)(F)F)c3)C(=O)C2)c1. The van der Waals surface area contributed by atoms with Gasteiger partial charge in [0.25, 0.3) is 11.8 Å². The van der Waals surface area contributed by atoms with Crippen LogP contribution in [0.3, 0.4) is 0 Å². The topological polar surface area (TPSA) is 88.5 Å². The highest BCUT2D eigenvalue weighted by molar-refractivity contribution is 6.44. The maximum absolute atomic E-state index is 13.2. The van der Waals surface area contributed by atoms with E-state index in [0.29, 0.717) is 6.42 Å². The summed E-state index contributed by atoms with van der Waals surface area (Å²) in [5, 5.41) is 18.9. The van der Waals surface area contributed by atoms with Crippen molar-refractivity contribution in [3.05, 3.63) is 90.0 Å². The summed E-state index contributed by atoms with van der Waals surface area (Å²) in [5.74, 6) is -1.31. The lowest BCUT2D eigenvalue weighted by atomic mass is 10.00. The molecule has 0 spiro atoms. The molecule has 3 aromatic carbocycles. The lowest BCUT2D eigenvalue weighted by Gasteiger charge is -2.29. The van der Waals surface area contributed by atoms with Gasteiger partial charge < -0.3 is 20.2 Å². The molecule has 2 amide bonds. The summed E-state index contributed by atoms with van der Waals surface area (Å²) in [5.41, 5.74) is 1.58. The smallest absolute Gasteiger partial charge is 0.389 e. The Morgan fingerprint density at radius 1 is 1.00 bits per heavy atom. The number of nitrogens with one attached hydrogen (secondary N) is 1. The van der Waals surface area contributed by atoms with Crippen molar-refractivity contribution in [2.24, 2.45) is 5.10 Å². The zero-order valence-electron chi connectivity index (χ0n) is 23.0. The number of aliphatic hydroxyl groups excluding tert-OH is 1. The first-order valence-electron chi connectivity index (χ1n) is 13.0. The van der Waals surface area contributed by atoms with Gasteiger partial charge in [-0.05, 0) is 48.4 Å². The number of hydrogen-bond donors (Lipinski definition) is 2. The number of carbonyl (C=O) groups is 2. The summed E-state index contributed by atoms with van der Waals surface area (Å²) in [7, 11) is 5.71. The first-order chi connectivity index (χ1) is 19.4. The van der Waals surface area contributed by atoms with Crippen LogP contribution < -0.4 is 20.1 Å². The minimum Gasteiger partial charge on any atom is -0.389 e. The van der Waals surface area contributed by atoms with E-state index in [2.05, 4.69) is 10.4 Å². The second-order valence-electron chi connectivity index (χ2n) is 10.1. The van der Waals surface area contributed by atoms with Crippen LogP contribution in [0.1, 0.15) is 17.5 Å². The Kier molecular flexibility index (Phi) is 8.97. The molecule has 0 fully saturated rings. The Morgan fingerprint density at radius 2 is 1.68 bits per heavy atom. The van der Waals surface area contributed by atoms with Gasteiger partial charge in [-0.1, -0.05) is 42.5 Å². The normalized spacial score (nSPS) is 14.9. The number of alkyl halides is 3. The average molecular weight is 568 g/mol. The highest BCUT2D eigenvalue weighted by Gasteiger charge is 2.35. The lowest BCUT2D eigenvalue weighted by Crippen LogP contribution is -2.50. The van der Waals surface area contributed by atoms with Crippen molar-refractivity contribution >= 4 is 34.6 Å². The Balaban J connectivity index is 1.52. The van der Waals surface area contributed by atoms with Gasteiger partial charge in [0.05, 0.1) is 29.8 Å². The number of hydrogen-bond acceptors (Lipinski definition) is 6. The maximum Gasteiger partial charge on any atom is 0.416 e. The van der Waals surface area contributed by atoms with E-state index in [0.717, 1.165) is 34.1 Å². The highest BCUT2D eigenvalue weighted by atomic mass is 19.4. The van der Waals surface area contributed by atoms with Crippen LogP contribution in [0.5, 0.6) is 0 Å². The van der Waals surface area contributed by atoms with Crippen molar-refractivity contribution in [1.82, 2.24) is 5.32 Å². The number of carbonyl (C=O) groups excluding carboxylic acids is 2. The van der Waals surface area contributed by atoms with E-state index in [1.54, 1.807) is 0 Å². The number of halogens is 3. The van der Waals surface area contributed by atoms with Crippen molar-refractivity contribution in [1.29, 1.82) is 0 Å². The third kappa shape index (κ3) is 7.43. The van der Waals surface area contributed by atoms with Gasteiger partial charge in [0.15, 0.2) is 0 Å². The molecule has 216 valence electrons. The van der Waals surface area contributed by atoms with Gasteiger partial charge in [-0.2, -0.15) is 23.3 Å². The van der Waals surface area contributed by atoms with Crippen molar-refractivity contribution in [2.75, 3.05) is 42.5 Å². The number of likely N-dealkylation sites (N-methyl/N-ethyl adjacent to an activating group) is 1. The average Bonchev–Trinajstić information content (AvgIpc) is 3.34. The maximum atomic E-state index is 13.2. The van der Waals surface area contributed by atoms with E-state index in [-0.39, 0.29) is 24.4 Å². The molecule has 0 bridgehead atoms. The summed E-state index contributed by atoms with van der Waals surface area (Å²) in [6, 6.07) is 20.6. The molecule has 4 rings (SSSR count). The second kappa shape index (κ2) is 12.4. The van der Waals surface area contributed by atoms with Crippen LogP contribution in [0.15, 0.2) is 84.0 Å². The largest absolute Gasteiger partial charge is 0.416 e. The molecule has 1 aliphatic rings. The third-order valence-corrected chi connectivity index (χ3v) is 6.78. The summed E-state index contributed by atoms with van der Waals surface area (Å²) >= 11 is 0. The monoisotopic (exact) mass is 567 g/mol. The molecule has 0 saturated carbocycles. The van der Waals surface area contributed by atoms with Crippen LogP contribution in [0, 0.1) is 0 Å². The van der Waals surface area contributed by atoms with Gasteiger partial charge >= 0.3 is 6.18 Å². The van der Waals surface area contributed by atoms with E-state index in [9.17, 15) is 27.9 Å². The van der Waals surface area contributed by atoms with Gasteiger partial charge in [0.1, 0.15) is 5.71 Å². The van der Waals surface area contributed by atoms with E-state index in [4.69, 9.17) is 0 Å². The zero-order chi connectivity index (χ0) is 29.7. The van der Waals surface area contributed by atoms with E-state index in [1.807, 2.05) is 85.5 Å². The predicted octanol–water partition coefficient (Wildman–Crippen LogP) is 4.09. The van der Waals surface area contributed by atoms with Gasteiger partial charge in [0.2, 0.25) is 0 Å². The van der Waals surface area contributed by atoms with Gasteiger partial charge in [-0.3, -0.25) is 9.59 Å². The molecule has 1 heterocycles. The van der Waals surface area contributed by atoms with E-state index >= 15 is 0 Å². The van der Waals surface area contributed by atoms with E-state index < -0.39 is 35.7 Å². The molecular formula is C30H32F3N5O3. The number of nitrogens with zero attached hydrogens (tertiary/aromatic N) is 4. The minimum absolute atomic E-state index is 0.0879. The number of aliphatic hydroxyl groups is 1. The number of amides is 2. The summed E-state index contributed by atoms with van der Waals surface area (Å²) in [6.07, 6.45) is -5.68. The van der Waals surface area contributed by atoms with Gasteiger partial charge in [-0.25, -0.2) is 0 Å². The molecule has 11 heteroatoms. The Morgan fingerprint density at radius 3 is 2.37 bits per heavy atom. The minimum atomic E-state index is -4.59. The van der Waals surface area contributed by atoms with Crippen molar-refractivity contribution < 1.29 is 27.9 Å². The molecule has 0 aromatic heterocycles. The zero-order valence-corrected chi connectivity index (χ0v) is 23.0. The Bertz CT molecular complexity index is 1410. The van der Waals surface area contributed by atoms with E-state index in [1.165, 1.54) is 12.1 Å². The van der Waals surface area contributed by atoms with Crippen molar-refractivity contribution in [2.45, 2.75) is 31.2 Å². The lowest BCUT2D eigenvalue weighted by molar-refractivity contribution is -0.137. The predicted molar refractivity (Wildman–Crippen MR) is 153 cm³/mol. The fourth-order valence-corrected chi connectivity index (χ4v) is 4.50. The Labute approximate surface area is 236 Å². The molecule has 3 aromatic rings. The van der Waals surface area contributed by atoms with Gasteiger partial charge in [0, 0.05) is 39.1 Å². The van der Waals surface area contributed by atoms with Crippen molar-refractivity contribution in [3.8, 4) is 0 Å². The van der Waals surface area contributed by atoms with Crippen LogP contribution in [0.4, 0.5) is 30.2 Å². The highest BCUT2D eigenvalue weighted by Crippen LogP contribution is 2.32. The molecule has 0 saturated heterocycles. The molecule has 1 aliphatic heterocycles. The molecular weight excluding hydrogens is 535 g/mol. The molecule has 2 atom stereocenters. The number of rotatable bonds is 10. The van der Waals surface area contributed by atoms with Gasteiger partial charge in [-0.15, -0.1) is 0 Å². The first kappa shape index (κ1) is 29.6. The van der Waals surface area contributed by atoms with Crippen LogP contribution in [-0.4, -0.2) is 62.5 Å². The summed E-state index contributed by atoms with van der Waals surface area (Å²) in [6.45, 7) is 0.191. The Hall–Kier alpha value is -4.38. The van der Waals surface area contributed by atoms with Crippen molar-refractivity contribution in [3.63, 3.8) is 0 Å².